The second-order valence-corrected chi connectivity index (χ2v) is 4.67. The van der Waals surface area contributed by atoms with Gasteiger partial charge in [-0.15, -0.1) is 0 Å². The summed E-state index contributed by atoms with van der Waals surface area (Å²) in [5.74, 6) is 1.59. The van der Waals surface area contributed by atoms with Gasteiger partial charge in [-0.05, 0) is 18.9 Å². The highest BCUT2D eigenvalue weighted by molar-refractivity contribution is 5.40. The van der Waals surface area contributed by atoms with Crippen molar-refractivity contribution in [1.82, 2.24) is 5.32 Å². The fourth-order valence-corrected chi connectivity index (χ4v) is 1.91. The molecule has 1 saturated carbocycles. The summed E-state index contributed by atoms with van der Waals surface area (Å²) in [6, 6.07) is 8.14. The highest BCUT2D eigenvalue weighted by Gasteiger charge is 2.42. The average Bonchev–Trinajstić information content (AvgIpc) is 3.19. The van der Waals surface area contributed by atoms with Crippen molar-refractivity contribution in [2.45, 2.75) is 19.4 Å². The maximum atomic E-state index is 8.99. The van der Waals surface area contributed by atoms with Crippen molar-refractivity contribution in [2.75, 3.05) is 20.8 Å². The average molecular weight is 246 g/mol. The first-order valence-electron chi connectivity index (χ1n) is 6.06. The monoisotopic (exact) mass is 246 g/mol. The molecular formula is C14H18N2O2. The van der Waals surface area contributed by atoms with Crippen LogP contribution < -0.4 is 14.8 Å². The van der Waals surface area contributed by atoms with Crippen molar-refractivity contribution in [3.63, 3.8) is 0 Å². The molecule has 1 N–H and O–H groups in total. The second kappa shape index (κ2) is 5.28. The molecule has 0 saturated heterocycles. The second-order valence-electron chi connectivity index (χ2n) is 4.67. The summed E-state index contributed by atoms with van der Waals surface area (Å²) < 4.78 is 10.5. The van der Waals surface area contributed by atoms with Crippen molar-refractivity contribution in [3.05, 3.63) is 23.8 Å². The Labute approximate surface area is 108 Å². The number of nitrogens with one attached hydrogen (secondary N) is 1. The Morgan fingerprint density at radius 1 is 1.33 bits per heavy atom. The zero-order valence-corrected chi connectivity index (χ0v) is 10.8. The van der Waals surface area contributed by atoms with Gasteiger partial charge in [0, 0.05) is 24.7 Å². The fraction of sp³-hybridized carbons (Fsp3) is 0.500. The standard InChI is InChI=1S/C14H18N2O2/c1-17-12-4-3-11(13(7-12)18-2)8-16-10-14(9-15)5-6-14/h3-4,7,16H,5-6,8,10H2,1-2H3. The Morgan fingerprint density at radius 3 is 2.67 bits per heavy atom. The molecular weight excluding hydrogens is 228 g/mol. The summed E-state index contributed by atoms with van der Waals surface area (Å²) in [5.41, 5.74) is 0.965. The van der Waals surface area contributed by atoms with E-state index in [-0.39, 0.29) is 5.41 Å². The highest BCUT2D eigenvalue weighted by Crippen LogP contribution is 2.44. The SMILES string of the molecule is COc1ccc(CNCC2(C#N)CC2)c(OC)c1. The van der Waals surface area contributed by atoms with Gasteiger partial charge in [-0.3, -0.25) is 0 Å². The minimum atomic E-state index is -0.111. The maximum Gasteiger partial charge on any atom is 0.127 e. The highest BCUT2D eigenvalue weighted by atomic mass is 16.5. The third-order valence-electron chi connectivity index (χ3n) is 3.36. The summed E-state index contributed by atoms with van der Waals surface area (Å²) in [6.45, 7) is 1.45. The number of nitrogens with zero attached hydrogens (tertiary/aromatic N) is 1. The molecule has 1 aliphatic rings. The van der Waals surface area contributed by atoms with E-state index in [1.165, 1.54) is 0 Å². The number of ether oxygens (including phenoxy) is 2. The van der Waals surface area contributed by atoms with E-state index in [0.717, 1.165) is 36.4 Å². The van der Waals surface area contributed by atoms with Gasteiger partial charge in [0.05, 0.1) is 25.7 Å². The van der Waals surface area contributed by atoms with Crippen LogP contribution in [-0.2, 0) is 6.54 Å². The van der Waals surface area contributed by atoms with Crippen LogP contribution in [0.4, 0.5) is 0 Å². The van der Waals surface area contributed by atoms with Gasteiger partial charge in [-0.25, -0.2) is 0 Å². The lowest BCUT2D eigenvalue weighted by Gasteiger charge is -2.12. The van der Waals surface area contributed by atoms with Crippen LogP contribution in [0.1, 0.15) is 18.4 Å². The van der Waals surface area contributed by atoms with Gasteiger partial charge < -0.3 is 14.8 Å². The lowest BCUT2D eigenvalue weighted by Crippen LogP contribution is -2.22. The molecule has 1 aliphatic carbocycles. The van der Waals surface area contributed by atoms with Crippen molar-refractivity contribution in [1.29, 1.82) is 5.26 Å². The van der Waals surface area contributed by atoms with Crippen LogP contribution in [0.5, 0.6) is 11.5 Å². The molecule has 4 heteroatoms. The van der Waals surface area contributed by atoms with Crippen LogP contribution in [0.15, 0.2) is 18.2 Å². The minimum Gasteiger partial charge on any atom is -0.497 e. The number of nitriles is 1. The third-order valence-corrected chi connectivity index (χ3v) is 3.36. The summed E-state index contributed by atoms with van der Waals surface area (Å²) >= 11 is 0. The van der Waals surface area contributed by atoms with Gasteiger partial charge >= 0.3 is 0 Å². The van der Waals surface area contributed by atoms with E-state index in [1.54, 1.807) is 14.2 Å². The quantitative estimate of drug-likeness (QED) is 0.835. The van der Waals surface area contributed by atoms with Gasteiger partial charge in [-0.1, -0.05) is 6.07 Å². The zero-order valence-electron chi connectivity index (χ0n) is 10.8. The molecule has 0 aliphatic heterocycles. The predicted molar refractivity (Wildman–Crippen MR) is 68.5 cm³/mol. The van der Waals surface area contributed by atoms with Crippen LogP contribution in [0.3, 0.4) is 0 Å². The molecule has 0 unspecified atom stereocenters. The lowest BCUT2D eigenvalue weighted by molar-refractivity contribution is 0.389. The smallest absolute Gasteiger partial charge is 0.127 e. The molecule has 1 aromatic rings. The van der Waals surface area contributed by atoms with Crippen LogP contribution >= 0.6 is 0 Å². The Bertz CT molecular complexity index is 461. The molecule has 0 atom stereocenters. The van der Waals surface area contributed by atoms with Gasteiger partial charge in [-0.2, -0.15) is 5.26 Å². The first-order valence-corrected chi connectivity index (χ1v) is 6.06. The molecule has 0 radical (unpaired) electrons. The summed E-state index contributed by atoms with van der Waals surface area (Å²) in [4.78, 5) is 0. The van der Waals surface area contributed by atoms with Crippen LogP contribution in [-0.4, -0.2) is 20.8 Å². The normalized spacial score (nSPS) is 15.8. The van der Waals surface area contributed by atoms with Crippen molar-refractivity contribution in [2.24, 2.45) is 5.41 Å². The molecule has 0 aromatic heterocycles. The summed E-state index contributed by atoms with van der Waals surface area (Å²) in [5, 5.41) is 12.3. The molecule has 0 amide bonds. The molecule has 0 spiro atoms. The largest absolute Gasteiger partial charge is 0.497 e. The molecule has 0 heterocycles. The molecule has 1 fully saturated rings. The van der Waals surface area contributed by atoms with Gasteiger partial charge in [0.25, 0.3) is 0 Å². The molecule has 1 aromatic carbocycles. The number of rotatable bonds is 6. The van der Waals surface area contributed by atoms with Gasteiger partial charge in [0.2, 0.25) is 0 Å². The Balaban J connectivity index is 1.94. The van der Waals surface area contributed by atoms with E-state index in [0.29, 0.717) is 6.54 Å². The van der Waals surface area contributed by atoms with Crippen molar-refractivity contribution in [3.8, 4) is 17.6 Å². The lowest BCUT2D eigenvalue weighted by atomic mass is 10.1. The van der Waals surface area contributed by atoms with Crippen molar-refractivity contribution < 1.29 is 9.47 Å². The molecule has 2 rings (SSSR count). The van der Waals surface area contributed by atoms with E-state index < -0.39 is 0 Å². The van der Waals surface area contributed by atoms with Crippen LogP contribution in [0.25, 0.3) is 0 Å². The first-order chi connectivity index (χ1) is 8.73. The van der Waals surface area contributed by atoms with Crippen molar-refractivity contribution >= 4 is 0 Å². The van der Waals surface area contributed by atoms with Gasteiger partial charge in [0.15, 0.2) is 0 Å². The third kappa shape index (κ3) is 2.74. The molecule has 18 heavy (non-hydrogen) atoms. The summed E-state index contributed by atoms with van der Waals surface area (Å²) in [6.07, 6.45) is 2.02. The number of hydrogen-bond donors (Lipinski definition) is 1. The number of hydrogen-bond acceptors (Lipinski definition) is 4. The van der Waals surface area contributed by atoms with E-state index in [9.17, 15) is 0 Å². The zero-order chi connectivity index (χ0) is 13.0. The predicted octanol–water partition coefficient (Wildman–Crippen LogP) is 2.10. The Morgan fingerprint density at radius 2 is 2.11 bits per heavy atom. The number of benzene rings is 1. The molecule has 0 bridgehead atoms. The van der Waals surface area contributed by atoms with Gasteiger partial charge in [0.1, 0.15) is 11.5 Å². The van der Waals surface area contributed by atoms with Crippen LogP contribution in [0, 0.1) is 16.7 Å². The summed E-state index contributed by atoms with van der Waals surface area (Å²) in [7, 11) is 3.28. The van der Waals surface area contributed by atoms with E-state index in [1.807, 2.05) is 18.2 Å². The molecule has 96 valence electrons. The minimum absolute atomic E-state index is 0.111. The van der Waals surface area contributed by atoms with E-state index in [2.05, 4.69) is 11.4 Å². The topological polar surface area (TPSA) is 54.3 Å². The Kier molecular flexibility index (Phi) is 3.73. The fourth-order valence-electron chi connectivity index (χ4n) is 1.91. The Hall–Kier alpha value is -1.73. The van der Waals surface area contributed by atoms with E-state index in [4.69, 9.17) is 14.7 Å². The maximum absolute atomic E-state index is 8.99. The number of methoxy groups -OCH3 is 2. The molecule has 4 nitrogen and oxygen atoms in total. The van der Waals surface area contributed by atoms with E-state index >= 15 is 0 Å². The first kappa shape index (κ1) is 12.7. The van der Waals surface area contributed by atoms with Crippen LogP contribution in [0.2, 0.25) is 0 Å².